The summed E-state index contributed by atoms with van der Waals surface area (Å²) in [6, 6.07) is 5.85. The Labute approximate surface area is 183 Å². The number of hydrogen-bond donors (Lipinski definition) is 2. The lowest BCUT2D eigenvalue weighted by molar-refractivity contribution is 0.369. The smallest absolute Gasteiger partial charge is 0.438 e. The quantitative estimate of drug-likeness (QED) is 0.546. The van der Waals surface area contributed by atoms with Crippen molar-refractivity contribution in [1.29, 1.82) is 0 Å². The molecule has 1 heterocycles. The summed E-state index contributed by atoms with van der Waals surface area (Å²) in [5.41, 5.74) is 1.78. The van der Waals surface area contributed by atoms with E-state index in [4.69, 9.17) is 16.3 Å². The molecule has 0 radical (unpaired) electrons. The van der Waals surface area contributed by atoms with Crippen LogP contribution in [0.3, 0.4) is 0 Å². The minimum Gasteiger partial charge on any atom is -0.495 e. The molecule has 8 nitrogen and oxygen atoms in total. The number of rotatable bonds is 7. The fraction of sp³-hybridized carbons (Fsp3) is 0.300. The van der Waals surface area contributed by atoms with E-state index in [2.05, 4.69) is 19.4 Å². The maximum atomic E-state index is 14.8. The molecule has 0 aliphatic heterocycles. The van der Waals surface area contributed by atoms with Crippen molar-refractivity contribution in [3.8, 4) is 5.75 Å². The number of halogens is 2. The van der Waals surface area contributed by atoms with Gasteiger partial charge in [0.15, 0.2) is 5.82 Å². The minimum atomic E-state index is -4.21. The number of aryl methyl sites for hydroxylation is 1. The largest absolute Gasteiger partial charge is 0.495 e. The van der Waals surface area contributed by atoms with Gasteiger partial charge in [0.2, 0.25) is 10.0 Å². The van der Waals surface area contributed by atoms with Crippen LogP contribution in [-0.4, -0.2) is 25.7 Å². The number of sulfonamides is 1. The van der Waals surface area contributed by atoms with Gasteiger partial charge in [0.25, 0.3) is 0 Å². The fourth-order valence-corrected chi connectivity index (χ4v) is 4.99. The molecule has 0 unspecified atom stereocenters. The molecule has 0 saturated heterocycles. The highest BCUT2D eigenvalue weighted by atomic mass is 35.5. The molecule has 2 atom stereocenters. The maximum absolute atomic E-state index is 14.8. The summed E-state index contributed by atoms with van der Waals surface area (Å²) in [5, 5.41) is 3.92. The van der Waals surface area contributed by atoms with E-state index in [9.17, 15) is 17.6 Å². The van der Waals surface area contributed by atoms with Gasteiger partial charge in [0.1, 0.15) is 16.5 Å². The van der Waals surface area contributed by atoms with Crippen LogP contribution in [0.4, 0.5) is 4.39 Å². The van der Waals surface area contributed by atoms with Gasteiger partial charge in [-0.3, -0.25) is 9.51 Å². The molecule has 0 spiro atoms. The lowest BCUT2D eigenvalue weighted by atomic mass is 9.88. The molecule has 0 aliphatic carbocycles. The van der Waals surface area contributed by atoms with E-state index >= 15 is 0 Å². The normalized spacial score (nSPS) is 13.7. The summed E-state index contributed by atoms with van der Waals surface area (Å²) in [7, 11) is -2.90. The Morgan fingerprint density at radius 2 is 1.97 bits per heavy atom. The summed E-state index contributed by atoms with van der Waals surface area (Å²) < 4.78 is 53.4. The number of H-pyrrole nitrogens is 1. The third kappa shape index (κ3) is 4.65. The Hall–Kier alpha value is -2.69. The molecule has 0 bridgehead atoms. The van der Waals surface area contributed by atoms with E-state index in [1.807, 2.05) is 6.92 Å². The van der Waals surface area contributed by atoms with Crippen LogP contribution in [0, 0.1) is 19.7 Å². The monoisotopic (exact) mass is 469 g/mol. The third-order valence-corrected chi connectivity index (χ3v) is 6.85. The first-order valence-electron chi connectivity index (χ1n) is 9.22. The first-order chi connectivity index (χ1) is 14.5. The first-order valence-corrected chi connectivity index (χ1v) is 11.1. The zero-order valence-electron chi connectivity index (χ0n) is 17.2. The molecule has 3 aromatic rings. The molecule has 166 valence electrons. The van der Waals surface area contributed by atoms with Crippen LogP contribution >= 0.6 is 11.6 Å². The van der Waals surface area contributed by atoms with Gasteiger partial charge in [-0.15, -0.1) is 0 Å². The molecular weight excluding hydrogens is 449 g/mol. The van der Waals surface area contributed by atoms with Crippen LogP contribution in [0.1, 0.15) is 41.4 Å². The Bertz CT molecular complexity index is 1270. The van der Waals surface area contributed by atoms with Gasteiger partial charge in [-0.25, -0.2) is 17.6 Å². The third-order valence-electron chi connectivity index (χ3n) is 5.14. The van der Waals surface area contributed by atoms with Crippen molar-refractivity contribution in [2.75, 3.05) is 7.11 Å². The molecule has 0 aliphatic rings. The van der Waals surface area contributed by atoms with Gasteiger partial charge in [-0.1, -0.05) is 29.7 Å². The summed E-state index contributed by atoms with van der Waals surface area (Å²) in [6.07, 6.45) is 0. The molecule has 0 fully saturated rings. The van der Waals surface area contributed by atoms with Crippen molar-refractivity contribution in [3.05, 3.63) is 74.2 Å². The van der Waals surface area contributed by atoms with Crippen molar-refractivity contribution in [1.82, 2.24) is 14.9 Å². The highest BCUT2D eigenvalue weighted by Gasteiger charge is 2.33. The van der Waals surface area contributed by atoms with Gasteiger partial charge in [0.05, 0.1) is 13.2 Å². The van der Waals surface area contributed by atoms with Crippen molar-refractivity contribution in [3.63, 3.8) is 0 Å². The molecule has 0 amide bonds. The number of hydrogen-bond acceptors (Lipinski definition) is 6. The molecule has 2 N–H and O–H groups in total. The summed E-state index contributed by atoms with van der Waals surface area (Å²) in [4.78, 5) is 13.7. The van der Waals surface area contributed by atoms with Crippen LogP contribution in [0.2, 0.25) is 5.02 Å². The van der Waals surface area contributed by atoms with Gasteiger partial charge < -0.3 is 4.74 Å². The van der Waals surface area contributed by atoms with Crippen molar-refractivity contribution in [2.45, 2.75) is 37.6 Å². The Kier molecular flexibility index (Phi) is 6.54. The molecule has 11 heteroatoms. The second-order valence-electron chi connectivity index (χ2n) is 7.07. The van der Waals surface area contributed by atoms with Crippen LogP contribution < -0.4 is 15.2 Å². The number of nitrogens with one attached hydrogen (secondary N) is 2. The number of aromatic nitrogens is 2. The summed E-state index contributed by atoms with van der Waals surface area (Å²) >= 11 is 5.93. The second-order valence-corrected chi connectivity index (χ2v) is 9.18. The van der Waals surface area contributed by atoms with E-state index in [0.717, 1.165) is 5.56 Å². The van der Waals surface area contributed by atoms with Gasteiger partial charge in [-0.05, 0) is 48.7 Å². The highest BCUT2D eigenvalue weighted by molar-refractivity contribution is 7.89. The predicted octanol–water partition coefficient (Wildman–Crippen LogP) is 3.60. The van der Waals surface area contributed by atoms with Crippen molar-refractivity contribution >= 4 is 21.6 Å². The van der Waals surface area contributed by atoms with Crippen molar-refractivity contribution in [2.24, 2.45) is 0 Å². The van der Waals surface area contributed by atoms with Crippen LogP contribution in [0.5, 0.6) is 5.75 Å². The minimum absolute atomic E-state index is 0.0259. The molecule has 1 aromatic heterocycles. The number of nitrogens with zero attached hydrogens (tertiary/aromatic N) is 1. The topological polar surface area (TPSA) is 114 Å². The van der Waals surface area contributed by atoms with Gasteiger partial charge in [-0.2, -0.15) is 4.72 Å². The van der Waals surface area contributed by atoms with Crippen LogP contribution in [0.25, 0.3) is 0 Å². The zero-order valence-corrected chi connectivity index (χ0v) is 18.8. The second kappa shape index (κ2) is 8.81. The number of aromatic amines is 1. The van der Waals surface area contributed by atoms with E-state index in [0.29, 0.717) is 16.1 Å². The summed E-state index contributed by atoms with van der Waals surface area (Å²) in [6.45, 7) is 5.19. The lowest BCUT2D eigenvalue weighted by Gasteiger charge is -2.25. The Balaban J connectivity index is 2.12. The maximum Gasteiger partial charge on any atom is 0.438 e. The molecule has 3 rings (SSSR count). The Morgan fingerprint density at radius 3 is 2.58 bits per heavy atom. The SMILES string of the molecule is COc1cc(Cl)ccc1S(=O)(=O)N[C@H](c1noc(=O)[nH]1)[C@H](C)c1c(F)ccc(C)c1C. The van der Waals surface area contributed by atoms with E-state index in [1.165, 1.54) is 31.4 Å². The molecular formula is C20H21ClFN3O5S. The number of ether oxygens (including phenoxy) is 1. The molecule has 0 saturated carbocycles. The fourth-order valence-electron chi connectivity index (χ4n) is 3.39. The van der Waals surface area contributed by atoms with Gasteiger partial charge >= 0.3 is 5.76 Å². The standard InChI is InChI=1S/C20H21ClFN3O5S/c1-10-5-7-14(22)17(11(10)2)12(3)18(19-23-20(26)30-24-19)25-31(27,28)16-8-6-13(21)9-15(16)29-4/h5-9,12,18,25H,1-4H3,(H,23,24,26)/t12-,18+/m1/s1. The summed E-state index contributed by atoms with van der Waals surface area (Å²) in [5.74, 6) is -2.19. The van der Waals surface area contributed by atoms with Crippen LogP contribution in [-0.2, 0) is 10.0 Å². The lowest BCUT2D eigenvalue weighted by Crippen LogP contribution is -2.33. The van der Waals surface area contributed by atoms with Crippen molar-refractivity contribution < 1.29 is 22.1 Å². The number of methoxy groups -OCH3 is 1. The van der Waals surface area contributed by atoms with Gasteiger partial charge in [0, 0.05) is 17.0 Å². The Morgan fingerprint density at radius 1 is 1.26 bits per heavy atom. The van der Waals surface area contributed by atoms with Crippen LogP contribution in [0.15, 0.2) is 44.5 Å². The van der Waals surface area contributed by atoms with E-state index < -0.39 is 33.6 Å². The van der Waals surface area contributed by atoms with E-state index in [1.54, 1.807) is 19.9 Å². The average molecular weight is 470 g/mol. The molecule has 31 heavy (non-hydrogen) atoms. The predicted molar refractivity (Wildman–Crippen MR) is 112 cm³/mol. The molecule has 2 aromatic carbocycles. The average Bonchev–Trinajstić information content (AvgIpc) is 3.14. The van der Waals surface area contributed by atoms with E-state index in [-0.39, 0.29) is 16.5 Å². The first kappa shape index (κ1) is 23.0. The highest BCUT2D eigenvalue weighted by Crippen LogP contribution is 2.36. The zero-order chi connectivity index (χ0) is 22.9. The number of benzene rings is 2.